The summed E-state index contributed by atoms with van der Waals surface area (Å²) in [6.07, 6.45) is 0. The number of hydrogen-bond donors (Lipinski definition) is 0. The first-order valence-electron chi connectivity index (χ1n) is 4.27. The molecule has 2 aromatic rings. The molecule has 1 heterocycles. The average molecular weight is 304 g/mol. The van der Waals surface area contributed by atoms with Crippen molar-refractivity contribution in [3.05, 3.63) is 45.8 Å². The predicted octanol–water partition coefficient (Wildman–Crippen LogP) is 3.82. The third-order valence-corrected chi connectivity index (χ3v) is 2.57. The van der Waals surface area contributed by atoms with Gasteiger partial charge in [-0.1, -0.05) is 11.6 Å². The van der Waals surface area contributed by atoms with Gasteiger partial charge >= 0.3 is 0 Å². The van der Waals surface area contributed by atoms with E-state index in [1.807, 2.05) is 0 Å². The maximum absolute atomic E-state index is 13.0. The second-order valence-electron chi connectivity index (χ2n) is 2.87. The van der Waals surface area contributed by atoms with Crippen molar-refractivity contribution in [2.24, 2.45) is 0 Å². The Morgan fingerprint density at radius 3 is 2.69 bits per heavy atom. The van der Waals surface area contributed by atoms with E-state index in [-0.39, 0.29) is 16.9 Å². The fraction of sp³-hybridized carbons (Fsp3) is 0. The Bertz CT molecular complexity index is 507. The Balaban J connectivity index is 2.26. The van der Waals surface area contributed by atoms with Crippen LogP contribution in [0.3, 0.4) is 0 Å². The minimum absolute atomic E-state index is 0.246. The highest BCUT2D eigenvalue weighted by Gasteiger charge is 2.05. The topological polar surface area (TPSA) is 35.0 Å². The summed E-state index contributed by atoms with van der Waals surface area (Å²) in [6, 6.07) is 7.21. The number of aromatic nitrogens is 2. The summed E-state index contributed by atoms with van der Waals surface area (Å²) in [5, 5.41) is 7.57. The molecule has 3 nitrogen and oxygen atoms in total. The van der Waals surface area contributed by atoms with E-state index in [0.29, 0.717) is 10.2 Å². The van der Waals surface area contributed by atoms with Crippen LogP contribution in [0.1, 0.15) is 0 Å². The summed E-state index contributed by atoms with van der Waals surface area (Å²) < 4.78 is 18.9. The number of hydrogen-bond acceptors (Lipinski definition) is 3. The summed E-state index contributed by atoms with van der Waals surface area (Å²) in [6.45, 7) is 0. The van der Waals surface area contributed by atoms with Gasteiger partial charge in [0.1, 0.15) is 11.6 Å². The molecule has 0 spiro atoms. The van der Waals surface area contributed by atoms with Crippen molar-refractivity contribution in [2.45, 2.75) is 0 Å². The lowest BCUT2D eigenvalue weighted by atomic mass is 10.3. The molecule has 0 fully saturated rings. The zero-order chi connectivity index (χ0) is 11.5. The second kappa shape index (κ2) is 4.76. The summed E-state index contributed by atoms with van der Waals surface area (Å²) in [4.78, 5) is 0. The molecule has 0 aliphatic rings. The normalized spacial score (nSPS) is 10.2. The van der Waals surface area contributed by atoms with E-state index in [1.54, 1.807) is 12.1 Å². The predicted molar refractivity (Wildman–Crippen MR) is 61.2 cm³/mol. The lowest BCUT2D eigenvalue weighted by molar-refractivity contribution is 0.448. The van der Waals surface area contributed by atoms with Crippen LogP contribution in [-0.2, 0) is 0 Å². The van der Waals surface area contributed by atoms with E-state index in [4.69, 9.17) is 16.3 Å². The highest BCUT2D eigenvalue weighted by Crippen LogP contribution is 2.29. The molecular weight excluding hydrogens is 298 g/mol. The van der Waals surface area contributed by atoms with Crippen LogP contribution >= 0.6 is 27.5 Å². The molecule has 0 bridgehead atoms. The van der Waals surface area contributed by atoms with Gasteiger partial charge in [0.25, 0.3) is 0 Å². The van der Waals surface area contributed by atoms with Gasteiger partial charge in [-0.25, -0.2) is 4.39 Å². The van der Waals surface area contributed by atoms with Gasteiger partial charge < -0.3 is 4.74 Å². The zero-order valence-corrected chi connectivity index (χ0v) is 10.2. The largest absolute Gasteiger partial charge is 0.436 e. The number of halogens is 3. The van der Waals surface area contributed by atoms with Crippen molar-refractivity contribution in [2.75, 3.05) is 0 Å². The molecule has 0 saturated heterocycles. The number of nitrogens with zero attached hydrogens (tertiary/aromatic N) is 2. The van der Waals surface area contributed by atoms with E-state index < -0.39 is 0 Å². The Labute approximate surface area is 104 Å². The van der Waals surface area contributed by atoms with Crippen LogP contribution < -0.4 is 4.74 Å². The van der Waals surface area contributed by atoms with Crippen LogP contribution in [0.15, 0.2) is 34.8 Å². The molecule has 0 atom stereocenters. The lowest BCUT2D eigenvalue weighted by Crippen LogP contribution is -1.91. The molecule has 0 aliphatic heterocycles. The van der Waals surface area contributed by atoms with Crippen molar-refractivity contribution in [3.8, 4) is 11.6 Å². The highest BCUT2D eigenvalue weighted by atomic mass is 79.9. The van der Waals surface area contributed by atoms with E-state index >= 15 is 0 Å². The Kier molecular flexibility index (Phi) is 3.36. The van der Waals surface area contributed by atoms with Gasteiger partial charge in [0.05, 0.1) is 4.47 Å². The fourth-order valence-electron chi connectivity index (χ4n) is 1.03. The van der Waals surface area contributed by atoms with E-state index in [0.717, 1.165) is 0 Å². The van der Waals surface area contributed by atoms with Gasteiger partial charge in [0, 0.05) is 12.1 Å². The molecule has 16 heavy (non-hydrogen) atoms. The fourth-order valence-corrected chi connectivity index (χ4v) is 1.45. The first-order chi connectivity index (χ1) is 7.65. The molecule has 2 rings (SSSR count). The third kappa shape index (κ3) is 2.68. The smallest absolute Gasteiger partial charge is 0.238 e. The van der Waals surface area contributed by atoms with Crippen LogP contribution in [-0.4, -0.2) is 10.2 Å². The maximum atomic E-state index is 13.0. The molecule has 0 radical (unpaired) electrons. The first kappa shape index (κ1) is 11.3. The van der Waals surface area contributed by atoms with Crippen LogP contribution in [0.2, 0.25) is 5.15 Å². The maximum Gasteiger partial charge on any atom is 0.238 e. The summed E-state index contributed by atoms with van der Waals surface area (Å²) in [5.41, 5.74) is 0. The molecule has 0 N–H and O–H groups in total. The molecule has 1 aromatic carbocycles. The highest BCUT2D eigenvalue weighted by molar-refractivity contribution is 9.10. The lowest BCUT2D eigenvalue weighted by Gasteiger charge is -2.05. The quantitative estimate of drug-likeness (QED) is 0.846. The molecule has 0 amide bonds. The average Bonchev–Trinajstić information content (AvgIpc) is 2.27. The molecule has 0 saturated carbocycles. The van der Waals surface area contributed by atoms with Gasteiger partial charge in [-0.2, -0.15) is 0 Å². The molecular formula is C10H5BrClFN2O. The third-order valence-electron chi connectivity index (χ3n) is 1.72. The van der Waals surface area contributed by atoms with Gasteiger partial charge in [-0.15, -0.1) is 10.2 Å². The van der Waals surface area contributed by atoms with Crippen LogP contribution in [0.5, 0.6) is 11.6 Å². The second-order valence-corrected chi connectivity index (χ2v) is 4.11. The van der Waals surface area contributed by atoms with Gasteiger partial charge in [-0.05, 0) is 34.1 Å². The first-order valence-corrected chi connectivity index (χ1v) is 5.44. The minimum atomic E-state index is -0.389. The molecule has 82 valence electrons. The van der Waals surface area contributed by atoms with Crippen molar-refractivity contribution >= 4 is 27.5 Å². The van der Waals surface area contributed by atoms with E-state index in [1.165, 1.54) is 18.2 Å². The SMILES string of the molecule is Fc1ccc(Br)c(Oc2ccc(Cl)nn2)c1. The van der Waals surface area contributed by atoms with Gasteiger partial charge in [0.15, 0.2) is 5.15 Å². The van der Waals surface area contributed by atoms with Crippen LogP contribution in [0.4, 0.5) is 4.39 Å². The van der Waals surface area contributed by atoms with Crippen molar-refractivity contribution in [1.29, 1.82) is 0 Å². The van der Waals surface area contributed by atoms with E-state index in [9.17, 15) is 4.39 Å². The van der Waals surface area contributed by atoms with Crippen molar-refractivity contribution in [3.63, 3.8) is 0 Å². The summed E-state index contributed by atoms with van der Waals surface area (Å²) in [5.74, 6) is 0.187. The Morgan fingerprint density at radius 2 is 2.00 bits per heavy atom. The molecule has 0 unspecified atom stereocenters. The summed E-state index contributed by atoms with van der Waals surface area (Å²) in [7, 11) is 0. The molecule has 1 aromatic heterocycles. The molecule has 6 heteroatoms. The minimum Gasteiger partial charge on any atom is -0.436 e. The van der Waals surface area contributed by atoms with Gasteiger partial charge in [0.2, 0.25) is 5.88 Å². The summed E-state index contributed by atoms with van der Waals surface area (Å²) >= 11 is 8.81. The Hall–Kier alpha value is -1.20. The van der Waals surface area contributed by atoms with Crippen molar-refractivity contribution < 1.29 is 9.13 Å². The molecule has 0 aliphatic carbocycles. The number of ether oxygens (including phenoxy) is 1. The van der Waals surface area contributed by atoms with E-state index in [2.05, 4.69) is 26.1 Å². The van der Waals surface area contributed by atoms with Crippen LogP contribution in [0.25, 0.3) is 0 Å². The standard InChI is InChI=1S/C10H5BrClFN2O/c11-7-2-1-6(13)5-8(7)16-10-4-3-9(12)14-15-10/h1-5H. The van der Waals surface area contributed by atoms with Gasteiger partial charge in [-0.3, -0.25) is 0 Å². The monoisotopic (exact) mass is 302 g/mol. The van der Waals surface area contributed by atoms with Crippen molar-refractivity contribution in [1.82, 2.24) is 10.2 Å². The number of benzene rings is 1. The number of rotatable bonds is 2. The van der Waals surface area contributed by atoms with Crippen LogP contribution in [0, 0.1) is 5.82 Å². The zero-order valence-electron chi connectivity index (χ0n) is 7.82. The Morgan fingerprint density at radius 1 is 1.19 bits per heavy atom.